The van der Waals surface area contributed by atoms with Gasteiger partial charge in [-0.3, -0.25) is 0 Å². The van der Waals surface area contributed by atoms with E-state index in [0.29, 0.717) is 47.0 Å². The molecule has 2 rings (SSSR count). The van der Waals surface area contributed by atoms with Crippen LogP contribution < -0.4 is 0 Å². The number of aromatic hydroxyl groups is 2. The van der Waals surface area contributed by atoms with E-state index in [2.05, 4.69) is 27.7 Å². The van der Waals surface area contributed by atoms with Crippen LogP contribution in [0.4, 0.5) is 0 Å². The molecule has 5 heteroatoms. The smallest absolute Gasteiger partial charge is 0.206 e. The number of hydrogen-bond acceptors (Lipinski definition) is 4. The van der Waals surface area contributed by atoms with Crippen molar-refractivity contribution in [3.05, 3.63) is 46.5 Å². The van der Waals surface area contributed by atoms with Gasteiger partial charge in [-0.25, -0.2) is 8.42 Å². The van der Waals surface area contributed by atoms with E-state index < -0.39 is 9.84 Å². The van der Waals surface area contributed by atoms with E-state index in [9.17, 15) is 18.6 Å². The Kier molecular flexibility index (Phi) is 32.8. The maximum absolute atomic E-state index is 14.8. The summed E-state index contributed by atoms with van der Waals surface area (Å²) in [5.41, 5.74) is 3.11. The Hall–Kier alpha value is -2.01. The van der Waals surface area contributed by atoms with Crippen molar-refractivity contribution >= 4 is 9.84 Å². The molecule has 0 aliphatic heterocycles. The van der Waals surface area contributed by atoms with Crippen molar-refractivity contribution in [3.63, 3.8) is 0 Å². The summed E-state index contributed by atoms with van der Waals surface area (Å²) in [5, 5.41) is 23.2. The minimum Gasteiger partial charge on any atom is -0.507 e. The van der Waals surface area contributed by atoms with Crippen LogP contribution in [0.25, 0.3) is 0 Å². The lowest BCUT2D eigenvalue weighted by Gasteiger charge is -2.17. The SMILES string of the molecule is CCCCCCCCCCCc1cc(S(=O)(=O)c2cc(CCCCCCCCCCC)c(O)c(CCCCCCCCCCC)c2)cc(CCCCCCCCCCC)c1O. The summed E-state index contributed by atoms with van der Waals surface area (Å²) in [6.45, 7) is 9.04. The third-order valence-electron chi connectivity index (χ3n) is 13.3. The average molecular weight is 867 g/mol. The molecule has 0 fully saturated rings. The highest BCUT2D eigenvalue weighted by Gasteiger charge is 2.24. The van der Waals surface area contributed by atoms with E-state index in [1.165, 1.54) is 180 Å². The number of aryl methyl sites for hydroxylation is 4. The molecule has 0 aliphatic rings. The highest BCUT2D eigenvalue weighted by molar-refractivity contribution is 7.91. The quantitative estimate of drug-likeness (QED) is 0.0652. The molecule has 0 heterocycles. The van der Waals surface area contributed by atoms with Crippen molar-refractivity contribution in [2.24, 2.45) is 0 Å². The van der Waals surface area contributed by atoms with E-state index in [4.69, 9.17) is 0 Å². The van der Waals surface area contributed by atoms with Crippen LogP contribution in [0.3, 0.4) is 0 Å². The molecular formula is C56H98O4S. The van der Waals surface area contributed by atoms with Crippen LogP contribution in [0.1, 0.15) is 281 Å². The number of benzene rings is 2. The summed E-state index contributed by atoms with van der Waals surface area (Å²) in [6, 6.07) is 7.12. The Morgan fingerprint density at radius 2 is 0.459 bits per heavy atom. The number of hydrogen-bond donors (Lipinski definition) is 2. The van der Waals surface area contributed by atoms with Crippen LogP contribution in [0.2, 0.25) is 0 Å². The molecule has 0 saturated carbocycles. The third kappa shape index (κ3) is 24.6. The molecule has 0 unspecified atom stereocenters. The van der Waals surface area contributed by atoms with Crippen LogP contribution in [0, 0.1) is 0 Å². The maximum atomic E-state index is 14.8. The zero-order chi connectivity index (χ0) is 44.2. The molecule has 2 aromatic rings. The van der Waals surface area contributed by atoms with Gasteiger partial charge in [0.05, 0.1) is 9.79 Å². The molecule has 0 aliphatic carbocycles. The lowest BCUT2D eigenvalue weighted by molar-refractivity contribution is 0.455. The molecule has 0 spiro atoms. The molecule has 0 atom stereocenters. The fourth-order valence-corrected chi connectivity index (χ4v) is 10.6. The largest absolute Gasteiger partial charge is 0.507 e. The van der Waals surface area contributed by atoms with Crippen molar-refractivity contribution < 1.29 is 18.6 Å². The number of unbranched alkanes of at least 4 members (excludes halogenated alkanes) is 32. The molecule has 352 valence electrons. The first-order chi connectivity index (χ1) is 29.8. The van der Waals surface area contributed by atoms with Gasteiger partial charge in [0.2, 0.25) is 9.84 Å². The van der Waals surface area contributed by atoms with E-state index in [1.807, 2.05) is 0 Å². The standard InChI is InChI=1S/C56H98O4S/c1-5-9-13-17-21-25-29-33-37-41-49-45-53(46-50(55(49)57)42-38-34-30-26-22-18-14-10-6-2)61(59,60)54-47-51(43-39-35-31-27-23-19-15-11-7-3)56(58)52(48-54)44-40-36-32-28-24-20-16-12-8-4/h45-48,57-58H,5-44H2,1-4H3. The van der Waals surface area contributed by atoms with E-state index in [-0.39, 0.29) is 0 Å². The van der Waals surface area contributed by atoms with Crippen LogP contribution in [-0.4, -0.2) is 18.6 Å². The van der Waals surface area contributed by atoms with Gasteiger partial charge in [-0.1, -0.05) is 233 Å². The second-order valence-corrected chi connectivity index (χ2v) is 20.9. The Morgan fingerprint density at radius 3 is 0.639 bits per heavy atom. The lowest BCUT2D eigenvalue weighted by atomic mass is 9.98. The van der Waals surface area contributed by atoms with Gasteiger partial charge in [0.15, 0.2) is 0 Å². The van der Waals surface area contributed by atoms with Crippen molar-refractivity contribution in [1.29, 1.82) is 0 Å². The monoisotopic (exact) mass is 867 g/mol. The minimum absolute atomic E-state index is 0.302. The Bertz CT molecular complexity index is 1270. The summed E-state index contributed by atoms with van der Waals surface area (Å²) in [5.74, 6) is 0.613. The van der Waals surface area contributed by atoms with Gasteiger partial charge >= 0.3 is 0 Å². The highest BCUT2D eigenvalue weighted by Crippen LogP contribution is 2.36. The van der Waals surface area contributed by atoms with Gasteiger partial charge in [-0.05, 0) is 97.9 Å². The van der Waals surface area contributed by atoms with Gasteiger partial charge in [0, 0.05) is 0 Å². The summed E-state index contributed by atoms with van der Waals surface area (Å²) < 4.78 is 29.6. The van der Waals surface area contributed by atoms with Crippen LogP contribution in [0.15, 0.2) is 34.1 Å². The zero-order valence-corrected chi connectivity index (χ0v) is 41.5. The first-order valence-corrected chi connectivity index (χ1v) is 28.2. The van der Waals surface area contributed by atoms with Crippen LogP contribution >= 0.6 is 0 Å². The van der Waals surface area contributed by atoms with Gasteiger partial charge in [-0.15, -0.1) is 0 Å². The molecule has 0 bridgehead atoms. The molecule has 0 radical (unpaired) electrons. The molecule has 61 heavy (non-hydrogen) atoms. The molecule has 0 amide bonds. The van der Waals surface area contributed by atoms with Crippen molar-refractivity contribution in [1.82, 2.24) is 0 Å². The van der Waals surface area contributed by atoms with E-state index >= 15 is 0 Å². The van der Waals surface area contributed by atoms with E-state index in [1.54, 1.807) is 24.3 Å². The highest BCUT2D eigenvalue weighted by atomic mass is 32.2. The van der Waals surface area contributed by atoms with Crippen molar-refractivity contribution in [2.45, 2.75) is 294 Å². The minimum atomic E-state index is -3.89. The van der Waals surface area contributed by atoms with Gasteiger partial charge in [0.1, 0.15) is 11.5 Å². The predicted molar refractivity (Wildman–Crippen MR) is 265 cm³/mol. The molecule has 2 N–H and O–H groups in total. The summed E-state index contributed by atoms with van der Waals surface area (Å²) in [4.78, 5) is 0.603. The summed E-state index contributed by atoms with van der Waals surface area (Å²) >= 11 is 0. The van der Waals surface area contributed by atoms with Gasteiger partial charge < -0.3 is 10.2 Å². The number of phenolic OH excluding ortho intramolecular Hbond substituents is 2. The normalized spacial score (nSPS) is 11.9. The molecule has 0 saturated heterocycles. The van der Waals surface area contributed by atoms with Crippen molar-refractivity contribution in [3.8, 4) is 11.5 Å². The number of rotatable bonds is 42. The topological polar surface area (TPSA) is 74.6 Å². The summed E-state index contributed by atoms with van der Waals surface area (Å²) in [6.07, 6.45) is 46.8. The zero-order valence-electron chi connectivity index (χ0n) is 40.7. The Balaban J connectivity index is 2.29. The molecular weight excluding hydrogens is 769 g/mol. The van der Waals surface area contributed by atoms with Crippen LogP contribution in [0.5, 0.6) is 11.5 Å². The fourth-order valence-electron chi connectivity index (χ4n) is 9.17. The Morgan fingerprint density at radius 1 is 0.295 bits per heavy atom. The first-order valence-electron chi connectivity index (χ1n) is 26.7. The van der Waals surface area contributed by atoms with Gasteiger partial charge in [-0.2, -0.15) is 0 Å². The lowest BCUT2D eigenvalue weighted by Crippen LogP contribution is -2.07. The average Bonchev–Trinajstić information content (AvgIpc) is 3.25. The molecule has 2 aromatic carbocycles. The molecule has 0 aromatic heterocycles. The second kappa shape index (κ2) is 36.3. The summed E-state index contributed by atoms with van der Waals surface area (Å²) in [7, 11) is -3.89. The second-order valence-electron chi connectivity index (χ2n) is 19.0. The predicted octanol–water partition coefficient (Wildman–Crippen LogP) is 18.2. The van der Waals surface area contributed by atoms with Crippen molar-refractivity contribution in [2.75, 3.05) is 0 Å². The third-order valence-corrected chi connectivity index (χ3v) is 15.0. The van der Waals surface area contributed by atoms with E-state index in [0.717, 1.165) is 73.6 Å². The number of phenols is 2. The fraction of sp³-hybridized carbons (Fsp3) is 0.786. The molecule has 4 nitrogen and oxygen atoms in total. The van der Waals surface area contributed by atoms with Crippen LogP contribution in [-0.2, 0) is 35.5 Å². The van der Waals surface area contributed by atoms with Gasteiger partial charge in [0.25, 0.3) is 0 Å². The maximum Gasteiger partial charge on any atom is 0.206 e. The Labute approximate surface area is 379 Å². The number of sulfone groups is 1. The first kappa shape index (κ1) is 55.1.